The van der Waals surface area contributed by atoms with Crippen LogP contribution in [-0.2, 0) is 24.5 Å². The maximum Gasteiger partial charge on any atom is 0.334 e. The number of amides is 2. The van der Waals surface area contributed by atoms with E-state index in [4.69, 9.17) is 4.74 Å². The van der Waals surface area contributed by atoms with E-state index in [-0.39, 0.29) is 22.1 Å². The Balaban J connectivity index is 2.07. The molecule has 0 saturated carbocycles. The minimum atomic E-state index is -0.800. The van der Waals surface area contributed by atoms with E-state index in [2.05, 4.69) is 43.3 Å². The zero-order chi connectivity index (χ0) is 23.8. The standard InChI is InChI=1S/C26H26BrNO4/c1-15-22(21(16(2)25(31)32-6)17-7-11-19(27)12-8-17)24(30)28(23(15)29)20-13-9-18(10-14-20)26(3,4)5/h7-14,21H,2H2,1,3-6H3/t21-/m1/s1. The number of imide groups is 1. The van der Waals surface area contributed by atoms with Gasteiger partial charge in [-0.25, -0.2) is 9.69 Å². The Morgan fingerprint density at radius 1 is 1.00 bits per heavy atom. The summed E-state index contributed by atoms with van der Waals surface area (Å²) in [6, 6.07) is 14.6. The summed E-state index contributed by atoms with van der Waals surface area (Å²) in [7, 11) is 1.26. The average molecular weight is 496 g/mol. The molecule has 0 unspecified atom stereocenters. The molecule has 166 valence electrons. The Kier molecular flexibility index (Phi) is 6.56. The molecule has 5 nitrogen and oxygen atoms in total. The van der Waals surface area contributed by atoms with Crippen molar-refractivity contribution in [2.45, 2.75) is 39.0 Å². The second-order valence-electron chi connectivity index (χ2n) is 8.78. The molecule has 0 aromatic heterocycles. The minimum Gasteiger partial charge on any atom is -0.466 e. The minimum absolute atomic E-state index is 0.0538. The van der Waals surface area contributed by atoms with Gasteiger partial charge in [-0.15, -0.1) is 0 Å². The number of esters is 1. The van der Waals surface area contributed by atoms with E-state index in [1.54, 1.807) is 31.2 Å². The van der Waals surface area contributed by atoms with E-state index >= 15 is 0 Å². The smallest absolute Gasteiger partial charge is 0.334 e. The lowest BCUT2D eigenvalue weighted by atomic mass is 9.83. The third-order valence-corrected chi connectivity index (χ3v) is 6.17. The van der Waals surface area contributed by atoms with Crippen LogP contribution in [0.25, 0.3) is 0 Å². The van der Waals surface area contributed by atoms with Crippen LogP contribution < -0.4 is 4.90 Å². The molecule has 32 heavy (non-hydrogen) atoms. The number of methoxy groups -OCH3 is 1. The molecule has 2 aromatic carbocycles. The second kappa shape index (κ2) is 8.87. The molecule has 3 rings (SSSR count). The van der Waals surface area contributed by atoms with E-state index in [1.165, 1.54) is 7.11 Å². The highest BCUT2D eigenvalue weighted by Crippen LogP contribution is 2.40. The molecule has 2 amide bonds. The fourth-order valence-electron chi connectivity index (χ4n) is 3.79. The first-order valence-corrected chi connectivity index (χ1v) is 11.0. The Morgan fingerprint density at radius 2 is 1.56 bits per heavy atom. The van der Waals surface area contributed by atoms with Crippen molar-refractivity contribution in [1.82, 2.24) is 0 Å². The van der Waals surface area contributed by atoms with Gasteiger partial charge in [0.1, 0.15) is 0 Å². The Labute approximate surface area is 196 Å². The van der Waals surface area contributed by atoms with Gasteiger partial charge < -0.3 is 4.74 Å². The molecular weight excluding hydrogens is 470 g/mol. The Hall–Kier alpha value is -2.99. The van der Waals surface area contributed by atoms with Gasteiger partial charge >= 0.3 is 5.97 Å². The van der Waals surface area contributed by atoms with Gasteiger partial charge in [0, 0.05) is 27.1 Å². The van der Waals surface area contributed by atoms with E-state index in [1.807, 2.05) is 24.3 Å². The summed E-state index contributed by atoms with van der Waals surface area (Å²) in [6.45, 7) is 11.8. The van der Waals surface area contributed by atoms with Gasteiger partial charge in [-0.1, -0.05) is 67.5 Å². The molecule has 0 aliphatic carbocycles. The lowest BCUT2D eigenvalue weighted by molar-refractivity contribution is -0.136. The molecule has 1 atom stereocenters. The fourth-order valence-corrected chi connectivity index (χ4v) is 4.05. The molecule has 0 saturated heterocycles. The first kappa shape index (κ1) is 23.7. The number of ether oxygens (including phenoxy) is 1. The van der Waals surface area contributed by atoms with Crippen LogP contribution in [0.2, 0.25) is 0 Å². The summed E-state index contributed by atoms with van der Waals surface area (Å²) in [5, 5.41) is 0. The summed E-state index contributed by atoms with van der Waals surface area (Å²) in [6.07, 6.45) is 0. The van der Waals surface area contributed by atoms with Crippen LogP contribution in [-0.4, -0.2) is 24.9 Å². The topological polar surface area (TPSA) is 63.7 Å². The molecular formula is C26H26BrNO4. The number of carbonyl (C=O) groups excluding carboxylic acids is 3. The molecule has 1 heterocycles. The summed E-state index contributed by atoms with van der Waals surface area (Å²) in [4.78, 5) is 40.2. The van der Waals surface area contributed by atoms with Crippen LogP contribution in [0, 0.1) is 0 Å². The highest BCUT2D eigenvalue weighted by atomic mass is 79.9. The quantitative estimate of drug-likeness (QED) is 0.314. The number of benzene rings is 2. The highest BCUT2D eigenvalue weighted by molar-refractivity contribution is 9.10. The summed E-state index contributed by atoms with van der Waals surface area (Å²) < 4.78 is 5.72. The molecule has 0 spiro atoms. The SMILES string of the molecule is C=C(C(=O)OC)[C@@H](C1=C(C)C(=O)N(c2ccc(C(C)(C)C)cc2)C1=O)c1ccc(Br)cc1. The van der Waals surface area contributed by atoms with E-state index in [0.717, 1.165) is 14.9 Å². The second-order valence-corrected chi connectivity index (χ2v) is 9.70. The maximum absolute atomic E-state index is 13.6. The molecule has 0 fully saturated rings. The number of anilines is 1. The number of halogens is 1. The summed E-state index contributed by atoms with van der Waals surface area (Å²) in [5.74, 6) is -2.31. The van der Waals surface area contributed by atoms with Gasteiger partial charge in [0.2, 0.25) is 0 Å². The predicted molar refractivity (Wildman–Crippen MR) is 128 cm³/mol. The van der Waals surface area contributed by atoms with Gasteiger partial charge in [0.25, 0.3) is 11.8 Å². The molecule has 6 heteroatoms. The normalized spacial score (nSPS) is 15.2. The fraction of sp³-hybridized carbons (Fsp3) is 0.269. The molecule has 0 radical (unpaired) electrons. The number of carbonyl (C=O) groups is 3. The number of hydrogen-bond acceptors (Lipinski definition) is 4. The van der Waals surface area contributed by atoms with Crippen molar-refractivity contribution in [3.63, 3.8) is 0 Å². The van der Waals surface area contributed by atoms with Gasteiger partial charge in [0.15, 0.2) is 0 Å². The summed E-state index contributed by atoms with van der Waals surface area (Å²) >= 11 is 3.40. The van der Waals surface area contributed by atoms with E-state index in [9.17, 15) is 14.4 Å². The maximum atomic E-state index is 13.6. The lowest BCUT2D eigenvalue weighted by Crippen LogP contribution is -2.32. The Bertz CT molecular complexity index is 1120. The van der Waals surface area contributed by atoms with Crippen molar-refractivity contribution in [2.24, 2.45) is 0 Å². The number of nitrogens with zero attached hydrogens (tertiary/aromatic N) is 1. The van der Waals surface area contributed by atoms with Crippen molar-refractivity contribution < 1.29 is 19.1 Å². The van der Waals surface area contributed by atoms with Crippen LogP contribution in [0.3, 0.4) is 0 Å². The molecule has 1 aliphatic heterocycles. The first-order chi connectivity index (χ1) is 15.0. The predicted octanol–water partition coefficient (Wildman–Crippen LogP) is 5.45. The first-order valence-electron chi connectivity index (χ1n) is 10.2. The van der Waals surface area contributed by atoms with Gasteiger partial charge in [0.05, 0.1) is 12.8 Å². The van der Waals surface area contributed by atoms with Crippen molar-refractivity contribution in [2.75, 3.05) is 12.0 Å². The highest BCUT2D eigenvalue weighted by Gasteiger charge is 2.43. The zero-order valence-electron chi connectivity index (χ0n) is 18.9. The zero-order valence-corrected chi connectivity index (χ0v) is 20.4. The van der Waals surface area contributed by atoms with Crippen molar-refractivity contribution >= 4 is 39.4 Å². The van der Waals surface area contributed by atoms with Gasteiger partial charge in [-0.2, -0.15) is 0 Å². The average Bonchev–Trinajstić information content (AvgIpc) is 2.97. The molecule has 1 aliphatic rings. The van der Waals surface area contributed by atoms with Crippen molar-refractivity contribution in [3.8, 4) is 0 Å². The summed E-state index contributed by atoms with van der Waals surface area (Å²) in [5.41, 5.74) is 2.80. The van der Waals surface area contributed by atoms with Gasteiger partial charge in [-0.05, 0) is 47.7 Å². The van der Waals surface area contributed by atoms with Crippen LogP contribution in [0.1, 0.15) is 44.7 Å². The molecule has 2 aromatic rings. The largest absolute Gasteiger partial charge is 0.466 e. The van der Waals surface area contributed by atoms with Gasteiger partial charge in [-0.3, -0.25) is 9.59 Å². The van der Waals surface area contributed by atoms with Crippen LogP contribution in [0.5, 0.6) is 0 Å². The number of rotatable bonds is 5. The van der Waals surface area contributed by atoms with E-state index in [0.29, 0.717) is 11.3 Å². The van der Waals surface area contributed by atoms with Crippen LogP contribution >= 0.6 is 15.9 Å². The van der Waals surface area contributed by atoms with E-state index < -0.39 is 23.7 Å². The van der Waals surface area contributed by atoms with Crippen LogP contribution in [0.4, 0.5) is 5.69 Å². The lowest BCUT2D eigenvalue weighted by Gasteiger charge is -2.23. The Morgan fingerprint density at radius 3 is 2.06 bits per heavy atom. The van der Waals surface area contributed by atoms with Crippen molar-refractivity contribution in [3.05, 3.63) is 87.4 Å². The third kappa shape index (κ3) is 4.32. The van der Waals surface area contributed by atoms with Crippen molar-refractivity contribution in [1.29, 1.82) is 0 Å². The molecule has 0 N–H and O–H groups in total. The monoisotopic (exact) mass is 495 g/mol. The third-order valence-electron chi connectivity index (χ3n) is 5.64. The number of hydrogen-bond donors (Lipinski definition) is 0. The van der Waals surface area contributed by atoms with Crippen LogP contribution in [0.15, 0.2) is 76.3 Å². The molecule has 0 bridgehead atoms.